The van der Waals surface area contributed by atoms with E-state index in [1.807, 2.05) is 37.6 Å². The molecule has 116 valence electrons. The van der Waals surface area contributed by atoms with Gasteiger partial charge in [0, 0.05) is 25.4 Å². The number of carbonyl (C=O) groups is 1. The Kier molecular flexibility index (Phi) is 4.01. The average molecular weight is 308 g/mol. The number of hydrogen-bond donors (Lipinski definition) is 2. The van der Waals surface area contributed by atoms with Crippen molar-refractivity contribution < 1.29 is 4.79 Å². The molecule has 0 bridgehead atoms. The fourth-order valence-corrected chi connectivity index (χ4v) is 2.18. The van der Waals surface area contributed by atoms with Crippen LogP contribution in [0.15, 0.2) is 48.8 Å². The van der Waals surface area contributed by atoms with Crippen LogP contribution in [0, 0.1) is 0 Å². The Morgan fingerprint density at radius 3 is 2.74 bits per heavy atom. The first kappa shape index (κ1) is 14.7. The van der Waals surface area contributed by atoms with Crippen LogP contribution in [-0.4, -0.2) is 25.9 Å². The van der Waals surface area contributed by atoms with Crippen LogP contribution in [0.5, 0.6) is 0 Å². The zero-order chi connectivity index (χ0) is 16.2. The number of anilines is 1. The molecule has 3 aromatic rings. The summed E-state index contributed by atoms with van der Waals surface area (Å²) in [5.41, 5.74) is 8.56. The van der Waals surface area contributed by atoms with Crippen LogP contribution < -0.4 is 11.1 Å². The highest BCUT2D eigenvalue weighted by molar-refractivity contribution is 5.90. The fourth-order valence-electron chi connectivity index (χ4n) is 2.18. The monoisotopic (exact) mass is 308 g/mol. The number of hydrogen-bond acceptors (Lipinski definition) is 5. The summed E-state index contributed by atoms with van der Waals surface area (Å²) in [6.45, 7) is 0.596. The smallest absolute Gasteiger partial charge is 0.269 e. The van der Waals surface area contributed by atoms with Crippen molar-refractivity contribution in [2.24, 2.45) is 12.8 Å². The predicted molar refractivity (Wildman–Crippen MR) is 86.5 cm³/mol. The lowest BCUT2D eigenvalue weighted by atomic mass is 10.1. The molecule has 0 saturated heterocycles. The summed E-state index contributed by atoms with van der Waals surface area (Å²) in [6.07, 6.45) is 3.81. The Bertz CT molecular complexity index is 825. The van der Waals surface area contributed by atoms with Gasteiger partial charge >= 0.3 is 0 Å². The molecule has 3 rings (SSSR count). The summed E-state index contributed by atoms with van der Waals surface area (Å²) >= 11 is 0. The zero-order valence-electron chi connectivity index (χ0n) is 12.6. The molecule has 1 aromatic carbocycles. The number of nitrogens with zero attached hydrogens (tertiary/aromatic N) is 4. The lowest BCUT2D eigenvalue weighted by Crippen LogP contribution is -2.14. The first-order chi connectivity index (χ1) is 11.1. The van der Waals surface area contributed by atoms with E-state index in [1.54, 1.807) is 16.8 Å². The van der Waals surface area contributed by atoms with Crippen molar-refractivity contribution in [2.75, 3.05) is 5.32 Å². The molecule has 2 heterocycles. The van der Waals surface area contributed by atoms with Crippen LogP contribution in [0.25, 0.3) is 11.1 Å². The summed E-state index contributed by atoms with van der Waals surface area (Å²) in [6, 6.07) is 11.4. The van der Waals surface area contributed by atoms with Crippen LogP contribution in [0.1, 0.15) is 16.1 Å². The summed E-state index contributed by atoms with van der Waals surface area (Å²) in [7, 11) is 1.89. The van der Waals surface area contributed by atoms with Crippen molar-refractivity contribution in [1.82, 2.24) is 20.0 Å². The highest BCUT2D eigenvalue weighted by atomic mass is 16.1. The molecule has 0 aliphatic rings. The van der Waals surface area contributed by atoms with Crippen LogP contribution in [-0.2, 0) is 13.6 Å². The van der Waals surface area contributed by atoms with Crippen molar-refractivity contribution in [2.45, 2.75) is 6.54 Å². The maximum atomic E-state index is 11.0. The highest BCUT2D eigenvalue weighted by Gasteiger charge is 2.04. The second-order valence-electron chi connectivity index (χ2n) is 5.12. The summed E-state index contributed by atoms with van der Waals surface area (Å²) in [4.78, 5) is 11.0. The van der Waals surface area contributed by atoms with Gasteiger partial charge in [0.05, 0.1) is 6.20 Å². The number of nitrogens with one attached hydrogen (secondary N) is 1. The number of aromatic nitrogens is 4. The van der Waals surface area contributed by atoms with E-state index in [0.29, 0.717) is 12.4 Å². The maximum Gasteiger partial charge on any atom is 0.269 e. The Labute approximate surface area is 133 Å². The number of amides is 1. The van der Waals surface area contributed by atoms with Crippen LogP contribution in [0.2, 0.25) is 0 Å². The van der Waals surface area contributed by atoms with Gasteiger partial charge in [0.15, 0.2) is 5.69 Å². The zero-order valence-corrected chi connectivity index (χ0v) is 12.6. The minimum atomic E-state index is -0.590. The van der Waals surface area contributed by atoms with Gasteiger partial charge < -0.3 is 11.1 Å². The van der Waals surface area contributed by atoms with Gasteiger partial charge in [-0.25, -0.2) is 0 Å². The van der Waals surface area contributed by atoms with E-state index in [9.17, 15) is 4.79 Å². The van der Waals surface area contributed by atoms with Crippen molar-refractivity contribution in [1.29, 1.82) is 0 Å². The number of aryl methyl sites for hydroxylation is 1. The Balaban J connectivity index is 1.69. The second-order valence-corrected chi connectivity index (χ2v) is 5.12. The SMILES string of the molecule is Cn1cc(-c2cccc(CNc3ccc(C(N)=O)nn3)c2)cn1. The van der Waals surface area contributed by atoms with E-state index in [4.69, 9.17) is 5.73 Å². The molecule has 0 aliphatic heterocycles. The van der Waals surface area contributed by atoms with Crippen molar-refractivity contribution >= 4 is 11.7 Å². The third-order valence-electron chi connectivity index (χ3n) is 3.36. The molecule has 2 aromatic heterocycles. The summed E-state index contributed by atoms with van der Waals surface area (Å²) < 4.78 is 1.77. The number of nitrogens with two attached hydrogens (primary N) is 1. The third kappa shape index (κ3) is 3.52. The van der Waals surface area contributed by atoms with E-state index in [-0.39, 0.29) is 5.69 Å². The number of rotatable bonds is 5. The fraction of sp³-hybridized carbons (Fsp3) is 0.125. The topological polar surface area (TPSA) is 98.7 Å². The molecule has 0 unspecified atom stereocenters. The lowest BCUT2D eigenvalue weighted by Gasteiger charge is -2.07. The summed E-state index contributed by atoms with van der Waals surface area (Å²) in [5, 5.41) is 15.0. The molecule has 0 atom stereocenters. The first-order valence-corrected chi connectivity index (χ1v) is 7.07. The van der Waals surface area contributed by atoms with Crippen molar-refractivity contribution in [3.8, 4) is 11.1 Å². The second kappa shape index (κ2) is 6.27. The van der Waals surface area contributed by atoms with Gasteiger partial charge in [0.1, 0.15) is 5.82 Å². The molecule has 0 fully saturated rings. The molecule has 3 N–H and O–H groups in total. The highest BCUT2D eigenvalue weighted by Crippen LogP contribution is 2.20. The predicted octanol–water partition coefficient (Wildman–Crippen LogP) is 1.59. The van der Waals surface area contributed by atoms with Crippen LogP contribution >= 0.6 is 0 Å². The standard InChI is InChI=1S/C16H16N6O/c1-22-10-13(9-19-22)12-4-2-3-11(7-12)8-18-15-6-5-14(16(17)23)20-21-15/h2-7,9-10H,8H2,1H3,(H2,17,23)(H,18,21). The van der Waals surface area contributed by atoms with E-state index in [0.717, 1.165) is 16.7 Å². The van der Waals surface area contributed by atoms with Gasteiger partial charge in [-0.1, -0.05) is 18.2 Å². The van der Waals surface area contributed by atoms with Crippen molar-refractivity contribution in [3.05, 3.63) is 60.0 Å². The Hall–Kier alpha value is -3.22. The van der Waals surface area contributed by atoms with E-state index >= 15 is 0 Å². The maximum absolute atomic E-state index is 11.0. The summed E-state index contributed by atoms with van der Waals surface area (Å²) in [5.74, 6) is -0.00463. The molecular weight excluding hydrogens is 292 g/mol. The van der Waals surface area contributed by atoms with Gasteiger partial charge in [0.2, 0.25) is 0 Å². The van der Waals surface area contributed by atoms with Gasteiger partial charge in [-0.05, 0) is 29.3 Å². The Morgan fingerprint density at radius 1 is 1.22 bits per heavy atom. The Morgan fingerprint density at radius 2 is 2.09 bits per heavy atom. The van der Waals surface area contributed by atoms with Gasteiger partial charge in [-0.3, -0.25) is 9.48 Å². The molecule has 1 amide bonds. The quantitative estimate of drug-likeness (QED) is 0.745. The number of primary amides is 1. The largest absolute Gasteiger partial charge is 0.365 e. The first-order valence-electron chi connectivity index (χ1n) is 7.07. The average Bonchev–Trinajstić information content (AvgIpc) is 3.00. The van der Waals surface area contributed by atoms with Crippen LogP contribution in [0.4, 0.5) is 5.82 Å². The van der Waals surface area contributed by atoms with E-state index < -0.39 is 5.91 Å². The third-order valence-corrected chi connectivity index (χ3v) is 3.36. The number of carbonyl (C=O) groups excluding carboxylic acids is 1. The van der Waals surface area contributed by atoms with Gasteiger partial charge in [-0.2, -0.15) is 5.10 Å². The molecule has 23 heavy (non-hydrogen) atoms. The van der Waals surface area contributed by atoms with Crippen molar-refractivity contribution in [3.63, 3.8) is 0 Å². The van der Waals surface area contributed by atoms with Crippen LogP contribution in [0.3, 0.4) is 0 Å². The molecule has 0 aliphatic carbocycles. The van der Waals surface area contributed by atoms with E-state index in [2.05, 4.69) is 26.7 Å². The lowest BCUT2D eigenvalue weighted by molar-refractivity contribution is 0.0994. The molecule has 0 saturated carbocycles. The number of benzene rings is 1. The van der Waals surface area contributed by atoms with Gasteiger partial charge in [0.25, 0.3) is 5.91 Å². The normalized spacial score (nSPS) is 10.5. The molecule has 0 spiro atoms. The minimum Gasteiger partial charge on any atom is -0.365 e. The minimum absolute atomic E-state index is 0.147. The molecule has 7 nitrogen and oxygen atoms in total. The van der Waals surface area contributed by atoms with Gasteiger partial charge in [-0.15, -0.1) is 10.2 Å². The molecule has 7 heteroatoms. The molecule has 0 radical (unpaired) electrons. The molecular formula is C16H16N6O. The van der Waals surface area contributed by atoms with E-state index in [1.165, 1.54) is 0 Å².